The molecule has 4 aromatic rings. The number of nitrogens with zero attached hydrogens (tertiary/aromatic N) is 3. The van der Waals surface area contributed by atoms with E-state index in [2.05, 4.69) is 63.6 Å². The summed E-state index contributed by atoms with van der Waals surface area (Å²) >= 11 is 0. The van der Waals surface area contributed by atoms with Crippen molar-refractivity contribution >= 4 is 22.5 Å². The Balaban J connectivity index is 1.35. The first-order valence-corrected chi connectivity index (χ1v) is 10.8. The number of amides is 1. The molecule has 0 aliphatic carbocycles. The fourth-order valence-corrected chi connectivity index (χ4v) is 4.57. The molecule has 0 spiro atoms. The highest BCUT2D eigenvalue weighted by Gasteiger charge is 2.29. The molecule has 0 saturated carbocycles. The van der Waals surface area contributed by atoms with Crippen molar-refractivity contribution in [1.82, 2.24) is 14.8 Å². The monoisotopic (exact) mass is 424 g/mol. The highest BCUT2D eigenvalue weighted by molar-refractivity contribution is 6.00. The van der Waals surface area contributed by atoms with Gasteiger partial charge in [0.05, 0.1) is 11.6 Å². The minimum Gasteiger partial charge on any atom is -0.349 e. The van der Waals surface area contributed by atoms with E-state index in [0.717, 1.165) is 18.5 Å². The van der Waals surface area contributed by atoms with E-state index in [1.165, 1.54) is 11.1 Å². The number of aromatic amines is 1. The third-order valence-corrected chi connectivity index (χ3v) is 6.16. The van der Waals surface area contributed by atoms with Crippen LogP contribution < -0.4 is 0 Å². The van der Waals surface area contributed by atoms with Crippen LogP contribution in [0.2, 0.25) is 0 Å². The SMILES string of the molecule is O=Nc1cccc2cc(C(=O)N3CCN(C(c4ccccc4)c4ccccc4)CC3)[nH]c12. The molecular weight excluding hydrogens is 400 g/mol. The molecule has 0 unspecified atom stereocenters. The first kappa shape index (κ1) is 20.2. The number of hydrogen-bond acceptors (Lipinski definition) is 4. The number of carbonyl (C=O) groups excluding carboxylic acids is 1. The average molecular weight is 425 g/mol. The second-order valence-electron chi connectivity index (χ2n) is 8.07. The van der Waals surface area contributed by atoms with Gasteiger partial charge in [-0.3, -0.25) is 9.69 Å². The molecule has 3 aromatic carbocycles. The Kier molecular flexibility index (Phi) is 5.52. The van der Waals surface area contributed by atoms with E-state index in [1.54, 1.807) is 18.2 Å². The van der Waals surface area contributed by atoms with Crippen LogP contribution in [0.25, 0.3) is 10.9 Å². The van der Waals surface area contributed by atoms with Crippen LogP contribution in [-0.2, 0) is 0 Å². The van der Waals surface area contributed by atoms with Crippen molar-refractivity contribution in [2.45, 2.75) is 6.04 Å². The topological polar surface area (TPSA) is 68.8 Å². The average Bonchev–Trinajstić information content (AvgIpc) is 3.30. The number of para-hydroxylation sites is 1. The summed E-state index contributed by atoms with van der Waals surface area (Å²) in [5, 5.41) is 3.87. The van der Waals surface area contributed by atoms with Gasteiger partial charge < -0.3 is 9.88 Å². The van der Waals surface area contributed by atoms with Crippen LogP contribution in [-0.4, -0.2) is 46.9 Å². The molecule has 1 amide bonds. The first-order valence-electron chi connectivity index (χ1n) is 10.8. The summed E-state index contributed by atoms with van der Waals surface area (Å²) < 4.78 is 0. The summed E-state index contributed by atoms with van der Waals surface area (Å²) in [6, 6.07) is 28.3. The molecule has 160 valence electrons. The molecule has 1 saturated heterocycles. The number of aromatic nitrogens is 1. The van der Waals surface area contributed by atoms with Crippen molar-refractivity contribution in [2.24, 2.45) is 5.18 Å². The second-order valence-corrected chi connectivity index (χ2v) is 8.07. The number of hydrogen-bond donors (Lipinski definition) is 1. The van der Waals surface area contributed by atoms with Gasteiger partial charge in [-0.2, -0.15) is 0 Å². The van der Waals surface area contributed by atoms with Crippen molar-refractivity contribution in [1.29, 1.82) is 0 Å². The molecule has 1 aromatic heterocycles. The molecule has 5 rings (SSSR count). The molecule has 6 nitrogen and oxygen atoms in total. The molecular formula is C26H24N4O2. The van der Waals surface area contributed by atoms with Crippen molar-refractivity contribution in [3.05, 3.63) is 107 Å². The van der Waals surface area contributed by atoms with E-state index in [4.69, 9.17) is 0 Å². The van der Waals surface area contributed by atoms with Crippen LogP contribution >= 0.6 is 0 Å². The van der Waals surface area contributed by atoms with E-state index in [1.807, 2.05) is 23.1 Å². The molecule has 0 radical (unpaired) electrons. The lowest BCUT2D eigenvalue weighted by Crippen LogP contribution is -2.50. The van der Waals surface area contributed by atoms with E-state index in [0.29, 0.717) is 30.0 Å². The van der Waals surface area contributed by atoms with E-state index >= 15 is 0 Å². The van der Waals surface area contributed by atoms with Gasteiger partial charge in [0.2, 0.25) is 0 Å². The minimum absolute atomic E-state index is 0.0475. The zero-order chi connectivity index (χ0) is 21.9. The number of benzene rings is 3. The van der Waals surface area contributed by atoms with Crippen LogP contribution in [0.15, 0.2) is 90.1 Å². The van der Waals surface area contributed by atoms with Gasteiger partial charge in [-0.15, -0.1) is 4.91 Å². The third-order valence-electron chi connectivity index (χ3n) is 6.16. The zero-order valence-corrected chi connectivity index (χ0v) is 17.6. The third kappa shape index (κ3) is 3.81. The van der Waals surface area contributed by atoms with Gasteiger partial charge in [0.1, 0.15) is 11.4 Å². The Morgan fingerprint density at radius 2 is 1.44 bits per heavy atom. The maximum atomic E-state index is 13.2. The molecule has 6 heteroatoms. The van der Waals surface area contributed by atoms with Gasteiger partial charge in [0, 0.05) is 31.6 Å². The quantitative estimate of drug-likeness (QED) is 0.453. The Morgan fingerprint density at radius 1 is 0.812 bits per heavy atom. The van der Waals surface area contributed by atoms with Crippen LogP contribution in [0.5, 0.6) is 0 Å². The molecule has 1 N–H and O–H groups in total. The Bertz CT molecular complexity index is 1190. The molecule has 1 fully saturated rings. The summed E-state index contributed by atoms with van der Waals surface area (Å²) in [7, 11) is 0. The Hall–Kier alpha value is -3.77. The Labute approximate surface area is 186 Å². The molecule has 1 aliphatic rings. The van der Waals surface area contributed by atoms with Crippen molar-refractivity contribution in [3.63, 3.8) is 0 Å². The van der Waals surface area contributed by atoms with Crippen molar-refractivity contribution in [2.75, 3.05) is 26.2 Å². The van der Waals surface area contributed by atoms with Crippen molar-refractivity contribution < 1.29 is 4.79 Å². The number of H-pyrrole nitrogens is 1. The lowest BCUT2D eigenvalue weighted by Gasteiger charge is -2.39. The van der Waals surface area contributed by atoms with Crippen LogP contribution in [0.1, 0.15) is 27.7 Å². The van der Waals surface area contributed by atoms with Gasteiger partial charge in [0.25, 0.3) is 5.91 Å². The second kappa shape index (κ2) is 8.77. The summed E-state index contributed by atoms with van der Waals surface area (Å²) in [6.07, 6.45) is 0. The molecule has 0 atom stereocenters. The van der Waals surface area contributed by atoms with Gasteiger partial charge in [-0.25, -0.2) is 0 Å². The molecule has 1 aliphatic heterocycles. The Morgan fingerprint density at radius 3 is 2.03 bits per heavy atom. The highest BCUT2D eigenvalue weighted by atomic mass is 16.3. The lowest BCUT2D eigenvalue weighted by atomic mass is 9.96. The molecule has 0 bridgehead atoms. The summed E-state index contributed by atoms with van der Waals surface area (Å²) in [5.74, 6) is -0.0475. The van der Waals surface area contributed by atoms with Crippen LogP contribution in [0.3, 0.4) is 0 Å². The smallest absolute Gasteiger partial charge is 0.270 e. The minimum atomic E-state index is -0.0475. The van der Waals surface area contributed by atoms with Gasteiger partial charge in [0.15, 0.2) is 0 Å². The number of nitroso groups, excluding NO2 is 1. The zero-order valence-electron chi connectivity index (χ0n) is 17.6. The summed E-state index contributed by atoms with van der Waals surface area (Å²) in [4.78, 5) is 31.6. The maximum absolute atomic E-state index is 13.2. The number of piperazine rings is 1. The van der Waals surface area contributed by atoms with E-state index in [9.17, 15) is 9.70 Å². The number of nitrogens with one attached hydrogen (secondary N) is 1. The molecule has 32 heavy (non-hydrogen) atoms. The fourth-order valence-electron chi connectivity index (χ4n) is 4.57. The summed E-state index contributed by atoms with van der Waals surface area (Å²) in [5.41, 5.74) is 3.93. The maximum Gasteiger partial charge on any atom is 0.270 e. The standard InChI is InChI=1S/C26H24N4O2/c31-26(23-18-21-12-7-13-22(28-32)24(21)27-23)30-16-14-29(15-17-30)25(19-8-3-1-4-9-19)20-10-5-2-6-11-20/h1-13,18,25,27H,14-17H2. The summed E-state index contributed by atoms with van der Waals surface area (Å²) in [6.45, 7) is 2.84. The first-order chi connectivity index (χ1) is 15.7. The van der Waals surface area contributed by atoms with Gasteiger partial charge in [-0.05, 0) is 28.4 Å². The van der Waals surface area contributed by atoms with Gasteiger partial charge in [-0.1, -0.05) is 72.8 Å². The van der Waals surface area contributed by atoms with E-state index < -0.39 is 0 Å². The van der Waals surface area contributed by atoms with Crippen LogP contribution in [0, 0.1) is 4.91 Å². The number of rotatable bonds is 5. The van der Waals surface area contributed by atoms with Crippen LogP contribution in [0.4, 0.5) is 5.69 Å². The largest absolute Gasteiger partial charge is 0.349 e. The van der Waals surface area contributed by atoms with Gasteiger partial charge >= 0.3 is 0 Å². The number of fused-ring (bicyclic) bond motifs is 1. The van der Waals surface area contributed by atoms with Crippen molar-refractivity contribution in [3.8, 4) is 0 Å². The highest BCUT2D eigenvalue weighted by Crippen LogP contribution is 2.30. The lowest BCUT2D eigenvalue weighted by molar-refractivity contribution is 0.0593. The van der Waals surface area contributed by atoms with E-state index in [-0.39, 0.29) is 11.9 Å². The predicted octanol–water partition coefficient (Wildman–Crippen LogP) is 5.11. The fraction of sp³-hybridized carbons (Fsp3) is 0.192. The normalized spacial score (nSPS) is 14.7. The number of carbonyl (C=O) groups is 1. The predicted molar refractivity (Wildman–Crippen MR) is 126 cm³/mol. The molecule has 2 heterocycles.